The number of aromatic hydroxyl groups is 1. The van der Waals surface area contributed by atoms with Crippen molar-refractivity contribution in [3.05, 3.63) is 54.7 Å². The fraction of sp³-hybridized carbons (Fsp3) is 0.0625. The molecule has 0 aliphatic carbocycles. The fourth-order valence-corrected chi connectivity index (χ4v) is 2.10. The lowest BCUT2D eigenvalue weighted by molar-refractivity contribution is 0.415. The van der Waals surface area contributed by atoms with Crippen LogP contribution in [0.5, 0.6) is 11.5 Å². The zero-order valence-electron chi connectivity index (χ0n) is 11.0. The molecular formula is C16H14N2O2. The van der Waals surface area contributed by atoms with Crippen molar-refractivity contribution >= 4 is 22.3 Å². The molecule has 0 aliphatic rings. The second-order valence-corrected chi connectivity index (χ2v) is 4.42. The molecular weight excluding hydrogens is 252 g/mol. The van der Waals surface area contributed by atoms with Crippen molar-refractivity contribution in [2.24, 2.45) is 0 Å². The number of fused-ring (bicyclic) bond motifs is 1. The van der Waals surface area contributed by atoms with Crippen LogP contribution in [0.15, 0.2) is 54.7 Å². The highest BCUT2D eigenvalue weighted by Gasteiger charge is 2.04. The number of rotatable bonds is 3. The number of hydrogen-bond acceptors (Lipinski definition) is 4. The second kappa shape index (κ2) is 5.09. The van der Waals surface area contributed by atoms with E-state index < -0.39 is 0 Å². The zero-order valence-corrected chi connectivity index (χ0v) is 11.0. The normalized spacial score (nSPS) is 10.4. The van der Waals surface area contributed by atoms with E-state index in [0.717, 1.165) is 28.0 Å². The standard InChI is InChI=1S/C16H14N2O2/c1-20-13-4-2-3-11(9-13)18-15-7-8-17-16-10-12(19)5-6-14(15)16/h2-10,19H,1H3,(H,17,18). The number of nitrogens with zero attached hydrogens (tertiary/aromatic N) is 1. The number of methoxy groups -OCH3 is 1. The van der Waals surface area contributed by atoms with Crippen LogP contribution in [0.4, 0.5) is 11.4 Å². The van der Waals surface area contributed by atoms with Crippen LogP contribution in [0, 0.1) is 0 Å². The highest BCUT2D eigenvalue weighted by molar-refractivity contribution is 5.93. The molecule has 20 heavy (non-hydrogen) atoms. The van der Waals surface area contributed by atoms with Gasteiger partial charge in [0, 0.05) is 35.1 Å². The number of anilines is 2. The van der Waals surface area contributed by atoms with E-state index in [1.165, 1.54) is 0 Å². The molecule has 3 aromatic rings. The largest absolute Gasteiger partial charge is 0.508 e. The quantitative estimate of drug-likeness (QED) is 0.759. The molecule has 0 fully saturated rings. The maximum atomic E-state index is 9.50. The molecule has 4 heteroatoms. The molecule has 0 saturated heterocycles. The molecule has 3 rings (SSSR count). The predicted octanol–water partition coefficient (Wildman–Crippen LogP) is 3.69. The third-order valence-electron chi connectivity index (χ3n) is 3.08. The number of pyridine rings is 1. The Morgan fingerprint density at radius 3 is 2.85 bits per heavy atom. The van der Waals surface area contributed by atoms with Gasteiger partial charge in [0.15, 0.2) is 0 Å². The number of hydrogen-bond donors (Lipinski definition) is 2. The van der Waals surface area contributed by atoms with Crippen molar-refractivity contribution in [1.29, 1.82) is 0 Å². The second-order valence-electron chi connectivity index (χ2n) is 4.42. The van der Waals surface area contributed by atoms with Crippen molar-refractivity contribution in [2.75, 3.05) is 12.4 Å². The number of benzene rings is 2. The van der Waals surface area contributed by atoms with Crippen molar-refractivity contribution in [3.8, 4) is 11.5 Å². The molecule has 0 spiro atoms. The summed E-state index contributed by atoms with van der Waals surface area (Å²) in [6.45, 7) is 0. The summed E-state index contributed by atoms with van der Waals surface area (Å²) < 4.78 is 5.21. The van der Waals surface area contributed by atoms with Gasteiger partial charge in [0.2, 0.25) is 0 Å². The predicted molar refractivity (Wildman–Crippen MR) is 79.7 cm³/mol. The van der Waals surface area contributed by atoms with Crippen LogP contribution >= 0.6 is 0 Å². The van der Waals surface area contributed by atoms with E-state index >= 15 is 0 Å². The Labute approximate surface area is 116 Å². The summed E-state index contributed by atoms with van der Waals surface area (Å²) in [5, 5.41) is 13.8. The van der Waals surface area contributed by atoms with Gasteiger partial charge < -0.3 is 15.2 Å². The van der Waals surface area contributed by atoms with Gasteiger partial charge in [-0.2, -0.15) is 0 Å². The fourth-order valence-electron chi connectivity index (χ4n) is 2.10. The van der Waals surface area contributed by atoms with Crippen molar-refractivity contribution in [3.63, 3.8) is 0 Å². The van der Waals surface area contributed by atoms with Gasteiger partial charge in [-0.3, -0.25) is 4.98 Å². The number of phenolic OH excluding ortho intramolecular Hbond substituents is 1. The van der Waals surface area contributed by atoms with E-state index in [0.29, 0.717) is 0 Å². The molecule has 100 valence electrons. The maximum absolute atomic E-state index is 9.50. The Balaban J connectivity index is 2.02. The van der Waals surface area contributed by atoms with Crippen LogP contribution in [-0.2, 0) is 0 Å². The van der Waals surface area contributed by atoms with Crippen molar-refractivity contribution < 1.29 is 9.84 Å². The van der Waals surface area contributed by atoms with Crippen molar-refractivity contribution in [2.45, 2.75) is 0 Å². The van der Waals surface area contributed by atoms with Gasteiger partial charge >= 0.3 is 0 Å². The minimum Gasteiger partial charge on any atom is -0.508 e. The Morgan fingerprint density at radius 2 is 2.00 bits per heavy atom. The topological polar surface area (TPSA) is 54.4 Å². The molecule has 0 bridgehead atoms. The molecule has 1 heterocycles. The van der Waals surface area contributed by atoms with Crippen LogP contribution in [0.25, 0.3) is 10.9 Å². The van der Waals surface area contributed by atoms with E-state index in [9.17, 15) is 5.11 Å². The van der Waals surface area contributed by atoms with E-state index in [2.05, 4.69) is 10.3 Å². The lowest BCUT2D eigenvalue weighted by Crippen LogP contribution is -1.93. The molecule has 1 aromatic heterocycles. The number of nitrogens with one attached hydrogen (secondary N) is 1. The summed E-state index contributed by atoms with van der Waals surface area (Å²) in [6, 6.07) is 14.8. The maximum Gasteiger partial charge on any atom is 0.120 e. The first-order valence-corrected chi connectivity index (χ1v) is 6.25. The van der Waals surface area contributed by atoms with Gasteiger partial charge in [0.25, 0.3) is 0 Å². The average Bonchev–Trinajstić information content (AvgIpc) is 2.47. The van der Waals surface area contributed by atoms with Crippen LogP contribution in [0.2, 0.25) is 0 Å². The highest BCUT2D eigenvalue weighted by Crippen LogP contribution is 2.28. The summed E-state index contributed by atoms with van der Waals surface area (Å²) in [5.41, 5.74) is 2.62. The zero-order chi connectivity index (χ0) is 13.9. The van der Waals surface area contributed by atoms with Crippen LogP contribution in [0.3, 0.4) is 0 Å². The molecule has 2 aromatic carbocycles. The Morgan fingerprint density at radius 1 is 1.10 bits per heavy atom. The monoisotopic (exact) mass is 266 g/mol. The van der Waals surface area contributed by atoms with Gasteiger partial charge in [-0.05, 0) is 30.3 Å². The molecule has 0 atom stereocenters. The number of ether oxygens (including phenoxy) is 1. The van der Waals surface area contributed by atoms with Crippen molar-refractivity contribution in [1.82, 2.24) is 4.98 Å². The summed E-state index contributed by atoms with van der Waals surface area (Å²) in [4.78, 5) is 4.25. The van der Waals surface area contributed by atoms with Gasteiger partial charge in [0.1, 0.15) is 11.5 Å². The Bertz CT molecular complexity index is 756. The SMILES string of the molecule is COc1cccc(Nc2ccnc3cc(O)ccc23)c1. The van der Waals surface area contributed by atoms with Gasteiger partial charge in [-0.1, -0.05) is 6.07 Å². The van der Waals surface area contributed by atoms with Crippen LogP contribution in [-0.4, -0.2) is 17.2 Å². The minimum absolute atomic E-state index is 0.212. The first kappa shape index (κ1) is 12.3. The number of aromatic nitrogens is 1. The molecule has 2 N–H and O–H groups in total. The molecule has 4 nitrogen and oxygen atoms in total. The molecule has 0 saturated carbocycles. The summed E-state index contributed by atoms with van der Waals surface area (Å²) in [5.74, 6) is 1.01. The molecule has 0 unspecified atom stereocenters. The van der Waals surface area contributed by atoms with Gasteiger partial charge in [-0.15, -0.1) is 0 Å². The summed E-state index contributed by atoms with van der Waals surface area (Å²) in [7, 11) is 1.64. The van der Waals surface area contributed by atoms with Gasteiger partial charge in [-0.25, -0.2) is 0 Å². The lowest BCUT2D eigenvalue weighted by atomic mass is 10.1. The Kier molecular flexibility index (Phi) is 3.13. The summed E-state index contributed by atoms with van der Waals surface area (Å²) >= 11 is 0. The smallest absolute Gasteiger partial charge is 0.120 e. The highest BCUT2D eigenvalue weighted by atomic mass is 16.5. The van der Waals surface area contributed by atoms with E-state index in [-0.39, 0.29) is 5.75 Å². The lowest BCUT2D eigenvalue weighted by Gasteiger charge is -2.10. The molecule has 0 radical (unpaired) electrons. The van der Waals surface area contributed by atoms with Crippen LogP contribution < -0.4 is 10.1 Å². The first-order valence-electron chi connectivity index (χ1n) is 6.25. The van der Waals surface area contributed by atoms with E-state index in [4.69, 9.17) is 4.74 Å². The Hall–Kier alpha value is -2.75. The third-order valence-corrected chi connectivity index (χ3v) is 3.08. The first-order chi connectivity index (χ1) is 9.76. The van der Waals surface area contributed by atoms with Crippen LogP contribution in [0.1, 0.15) is 0 Å². The minimum atomic E-state index is 0.212. The molecule has 0 aliphatic heterocycles. The molecule has 0 amide bonds. The average molecular weight is 266 g/mol. The third kappa shape index (κ3) is 2.36. The van der Waals surface area contributed by atoms with E-state index in [1.807, 2.05) is 36.4 Å². The summed E-state index contributed by atoms with van der Waals surface area (Å²) in [6.07, 6.45) is 1.71. The number of phenols is 1. The van der Waals surface area contributed by atoms with Gasteiger partial charge in [0.05, 0.1) is 12.6 Å². The van der Waals surface area contributed by atoms with E-state index in [1.54, 1.807) is 25.4 Å².